The van der Waals surface area contributed by atoms with Crippen LogP contribution in [-0.2, 0) is 9.57 Å². The van der Waals surface area contributed by atoms with Crippen LogP contribution in [0, 0.1) is 0 Å². The minimum Gasteiger partial charge on any atom is -0.377 e. The lowest BCUT2D eigenvalue weighted by atomic mass is 9.92. The lowest BCUT2D eigenvalue weighted by Crippen LogP contribution is -2.41. The van der Waals surface area contributed by atoms with Crippen LogP contribution in [0.1, 0.15) is 38.5 Å². The summed E-state index contributed by atoms with van der Waals surface area (Å²) < 4.78 is 5.67. The van der Waals surface area contributed by atoms with Crippen molar-refractivity contribution in [3.63, 3.8) is 0 Å². The third-order valence-corrected chi connectivity index (χ3v) is 3.98. The number of hydrogen-bond acceptors (Lipinski definition) is 4. The van der Waals surface area contributed by atoms with Crippen LogP contribution in [0.2, 0.25) is 0 Å². The first-order valence-corrected chi connectivity index (χ1v) is 6.47. The van der Waals surface area contributed by atoms with Gasteiger partial charge in [0.2, 0.25) is 0 Å². The molecule has 2 rings (SSSR count). The van der Waals surface area contributed by atoms with E-state index in [1.807, 2.05) is 0 Å². The Kier molecular flexibility index (Phi) is 4.58. The summed E-state index contributed by atoms with van der Waals surface area (Å²) in [5.41, 5.74) is 0. The zero-order valence-electron chi connectivity index (χ0n) is 10.2. The standard InChI is InChI=1S/C12H24N2O2/c1-14(9-12-3-2-8-15-12)10-4-6-11(16-13)7-5-10/h10-12H,2-9,13H2,1H3. The molecule has 16 heavy (non-hydrogen) atoms. The summed E-state index contributed by atoms with van der Waals surface area (Å²) in [5.74, 6) is 5.22. The predicted molar refractivity (Wildman–Crippen MR) is 62.9 cm³/mol. The Balaban J connectivity index is 1.70. The van der Waals surface area contributed by atoms with Crippen LogP contribution in [0.5, 0.6) is 0 Å². The smallest absolute Gasteiger partial charge is 0.0788 e. The van der Waals surface area contributed by atoms with E-state index in [9.17, 15) is 0 Å². The highest BCUT2D eigenvalue weighted by atomic mass is 16.6. The third kappa shape index (κ3) is 3.17. The van der Waals surface area contributed by atoms with Gasteiger partial charge in [-0.05, 0) is 45.6 Å². The van der Waals surface area contributed by atoms with Gasteiger partial charge in [-0.15, -0.1) is 0 Å². The zero-order chi connectivity index (χ0) is 11.4. The highest BCUT2D eigenvalue weighted by Gasteiger charge is 2.26. The highest BCUT2D eigenvalue weighted by molar-refractivity contribution is 4.80. The molecule has 1 heterocycles. The first-order valence-electron chi connectivity index (χ1n) is 6.47. The molecule has 1 atom stereocenters. The molecule has 1 saturated heterocycles. The Bertz CT molecular complexity index is 199. The van der Waals surface area contributed by atoms with Crippen LogP contribution in [0.15, 0.2) is 0 Å². The third-order valence-electron chi connectivity index (χ3n) is 3.98. The fraction of sp³-hybridized carbons (Fsp3) is 1.00. The highest BCUT2D eigenvalue weighted by Crippen LogP contribution is 2.24. The number of nitrogens with zero attached hydrogens (tertiary/aromatic N) is 1. The van der Waals surface area contributed by atoms with Crippen molar-refractivity contribution in [3.05, 3.63) is 0 Å². The molecule has 0 radical (unpaired) electrons. The van der Waals surface area contributed by atoms with Crippen molar-refractivity contribution in [3.8, 4) is 0 Å². The van der Waals surface area contributed by atoms with Crippen LogP contribution in [0.3, 0.4) is 0 Å². The van der Waals surface area contributed by atoms with Gasteiger partial charge in [0.25, 0.3) is 0 Å². The maximum absolute atomic E-state index is 5.67. The fourth-order valence-electron chi connectivity index (χ4n) is 2.88. The van der Waals surface area contributed by atoms with E-state index in [2.05, 4.69) is 11.9 Å². The molecule has 2 fully saturated rings. The summed E-state index contributed by atoms with van der Waals surface area (Å²) in [5, 5.41) is 0. The second-order valence-corrected chi connectivity index (χ2v) is 5.14. The molecular formula is C12H24N2O2. The minimum absolute atomic E-state index is 0.285. The van der Waals surface area contributed by atoms with Gasteiger partial charge in [0.1, 0.15) is 0 Å². The molecule has 1 aliphatic heterocycles. The summed E-state index contributed by atoms with van der Waals surface area (Å²) >= 11 is 0. The number of hydrogen-bond donors (Lipinski definition) is 1. The van der Waals surface area contributed by atoms with Gasteiger partial charge >= 0.3 is 0 Å². The van der Waals surface area contributed by atoms with E-state index < -0.39 is 0 Å². The summed E-state index contributed by atoms with van der Waals surface area (Å²) in [6.07, 6.45) is 7.79. The molecule has 94 valence electrons. The maximum Gasteiger partial charge on any atom is 0.0788 e. The van der Waals surface area contributed by atoms with Gasteiger partial charge in [-0.3, -0.25) is 0 Å². The number of likely N-dealkylation sites (N-methyl/N-ethyl adjacent to an activating group) is 1. The first-order chi connectivity index (χ1) is 7.79. The Morgan fingerprint density at radius 1 is 1.25 bits per heavy atom. The molecule has 2 aliphatic rings. The number of rotatable bonds is 4. The van der Waals surface area contributed by atoms with Crippen LogP contribution in [0.25, 0.3) is 0 Å². The molecule has 1 aliphatic carbocycles. The Hall–Kier alpha value is -0.160. The molecule has 4 nitrogen and oxygen atoms in total. The summed E-state index contributed by atoms with van der Waals surface area (Å²) in [6, 6.07) is 0.690. The van der Waals surface area contributed by atoms with Crippen molar-refractivity contribution in [2.45, 2.75) is 56.8 Å². The van der Waals surface area contributed by atoms with Crippen LogP contribution >= 0.6 is 0 Å². The molecule has 0 aromatic carbocycles. The van der Waals surface area contributed by atoms with E-state index in [4.69, 9.17) is 15.5 Å². The van der Waals surface area contributed by atoms with Crippen molar-refractivity contribution >= 4 is 0 Å². The van der Waals surface area contributed by atoms with Gasteiger partial charge in [0, 0.05) is 19.2 Å². The van der Waals surface area contributed by atoms with E-state index in [0.29, 0.717) is 12.1 Å². The molecule has 2 N–H and O–H groups in total. The zero-order valence-corrected chi connectivity index (χ0v) is 10.2. The van der Waals surface area contributed by atoms with E-state index in [1.165, 1.54) is 25.7 Å². The molecule has 0 spiro atoms. The molecule has 4 heteroatoms. The lowest BCUT2D eigenvalue weighted by molar-refractivity contribution is 0.00133. The van der Waals surface area contributed by atoms with Gasteiger partial charge in [-0.2, -0.15) is 0 Å². The molecule has 0 aromatic rings. The number of nitrogens with two attached hydrogens (primary N) is 1. The molecule has 1 saturated carbocycles. The molecule has 0 amide bonds. The average Bonchev–Trinajstić information content (AvgIpc) is 2.82. The topological polar surface area (TPSA) is 47.7 Å². The summed E-state index contributed by atoms with van der Waals surface area (Å²) in [6.45, 7) is 2.03. The van der Waals surface area contributed by atoms with Gasteiger partial charge in [-0.1, -0.05) is 0 Å². The van der Waals surface area contributed by atoms with E-state index in [1.54, 1.807) is 0 Å². The normalized spacial score (nSPS) is 35.8. The lowest BCUT2D eigenvalue weighted by Gasteiger charge is -2.34. The van der Waals surface area contributed by atoms with E-state index >= 15 is 0 Å². The number of ether oxygens (including phenoxy) is 1. The van der Waals surface area contributed by atoms with Gasteiger partial charge in [-0.25, -0.2) is 5.90 Å². The second kappa shape index (κ2) is 5.96. The van der Waals surface area contributed by atoms with Gasteiger partial charge in [0.05, 0.1) is 12.2 Å². The van der Waals surface area contributed by atoms with Crippen LogP contribution in [0.4, 0.5) is 0 Å². The average molecular weight is 228 g/mol. The fourth-order valence-corrected chi connectivity index (χ4v) is 2.88. The summed E-state index contributed by atoms with van der Waals surface area (Å²) in [7, 11) is 2.22. The Morgan fingerprint density at radius 2 is 2.00 bits per heavy atom. The maximum atomic E-state index is 5.67. The largest absolute Gasteiger partial charge is 0.377 e. The van der Waals surface area contributed by atoms with Crippen molar-refractivity contribution in [1.82, 2.24) is 4.90 Å². The van der Waals surface area contributed by atoms with Crippen LogP contribution < -0.4 is 5.90 Å². The first kappa shape index (κ1) is 12.3. The minimum atomic E-state index is 0.285. The quantitative estimate of drug-likeness (QED) is 0.737. The van der Waals surface area contributed by atoms with Gasteiger partial charge in [0.15, 0.2) is 0 Å². The van der Waals surface area contributed by atoms with Crippen molar-refractivity contribution in [1.29, 1.82) is 0 Å². The van der Waals surface area contributed by atoms with E-state index in [0.717, 1.165) is 26.0 Å². The predicted octanol–water partition coefficient (Wildman–Crippen LogP) is 1.30. The van der Waals surface area contributed by atoms with E-state index in [-0.39, 0.29) is 6.10 Å². The van der Waals surface area contributed by atoms with Crippen molar-refractivity contribution in [2.24, 2.45) is 5.90 Å². The SMILES string of the molecule is CN(CC1CCCO1)C1CCC(ON)CC1. The monoisotopic (exact) mass is 228 g/mol. The van der Waals surface area contributed by atoms with Crippen LogP contribution in [-0.4, -0.2) is 43.3 Å². The summed E-state index contributed by atoms with van der Waals surface area (Å²) in [4.78, 5) is 7.37. The molecule has 0 bridgehead atoms. The second-order valence-electron chi connectivity index (χ2n) is 5.14. The molecular weight excluding hydrogens is 204 g/mol. The molecule has 0 aromatic heterocycles. The molecule has 1 unspecified atom stereocenters. The van der Waals surface area contributed by atoms with Crippen molar-refractivity contribution < 1.29 is 9.57 Å². The van der Waals surface area contributed by atoms with Crippen molar-refractivity contribution in [2.75, 3.05) is 20.2 Å². The Morgan fingerprint density at radius 3 is 2.56 bits per heavy atom. The van der Waals surface area contributed by atoms with Gasteiger partial charge < -0.3 is 14.5 Å². The Labute approximate surface area is 98.0 Å².